The quantitative estimate of drug-likeness (QED) is 0.506. The Morgan fingerprint density at radius 1 is 0.969 bits per heavy atom. The van der Waals surface area contributed by atoms with Gasteiger partial charge >= 0.3 is 6.61 Å². The SMILES string of the molecule is Cc1ccc(C(=O)NCc2ccccc2OC(F)F)cc1S(=O)(=O)NCc1ccccc1. The average molecular weight is 461 g/mol. The van der Waals surface area contributed by atoms with E-state index in [1.54, 1.807) is 43.3 Å². The van der Waals surface area contributed by atoms with Crippen molar-refractivity contribution in [1.29, 1.82) is 0 Å². The number of halogens is 2. The highest BCUT2D eigenvalue weighted by Gasteiger charge is 2.19. The Balaban J connectivity index is 1.73. The molecule has 0 saturated heterocycles. The third kappa shape index (κ3) is 6.12. The van der Waals surface area contributed by atoms with Gasteiger partial charge in [-0.2, -0.15) is 8.78 Å². The lowest BCUT2D eigenvalue weighted by Gasteiger charge is -2.13. The molecule has 2 N–H and O–H groups in total. The maximum absolute atomic E-state index is 12.8. The topological polar surface area (TPSA) is 84.5 Å². The van der Waals surface area contributed by atoms with Crippen molar-refractivity contribution in [1.82, 2.24) is 10.0 Å². The van der Waals surface area contributed by atoms with E-state index >= 15 is 0 Å². The van der Waals surface area contributed by atoms with Gasteiger partial charge in [0.1, 0.15) is 5.75 Å². The number of para-hydroxylation sites is 1. The molecule has 32 heavy (non-hydrogen) atoms. The Bertz CT molecular complexity index is 1190. The standard InChI is InChI=1S/C23H22F2N2O4S/c1-16-11-12-18(13-21(16)32(29,30)27-14-17-7-3-2-4-8-17)22(28)26-15-19-9-5-6-10-20(19)31-23(24)25/h2-13,23,27H,14-15H2,1H3,(H,26,28). The van der Waals surface area contributed by atoms with E-state index in [0.717, 1.165) is 5.56 Å². The molecule has 3 aromatic carbocycles. The Labute approximate surface area is 185 Å². The molecule has 3 aromatic rings. The summed E-state index contributed by atoms with van der Waals surface area (Å²) in [4.78, 5) is 12.6. The summed E-state index contributed by atoms with van der Waals surface area (Å²) in [6, 6.07) is 19.5. The van der Waals surface area contributed by atoms with Crippen LogP contribution in [-0.2, 0) is 23.1 Å². The van der Waals surface area contributed by atoms with Gasteiger partial charge in [0, 0.05) is 24.2 Å². The summed E-state index contributed by atoms with van der Waals surface area (Å²) in [5.41, 5.74) is 1.78. The van der Waals surface area contributed by atoms with Crippen molar-refractivity contribution >= 4 is 15.9 Å². The molecule has 0 aromatic heterocycles. The molecule has 0 aliphatic carbocycles. The maximum atomic E-state index is 12.8. The van der Waals surface area contributed by atoms with Crippen LogP contribution in [-0.4, -0.2) is 20.9 Å². The highest BCUT2D eigenvalue weighted by Crippen LogP contribution is 2.21. The van der Waals surface area contributed by atoms with Crippen LogP contribution in [0.1, 0.15) is 27.0 Å². The van der Waals surface area contributed by atoms with Crippen LogP contribution in [0, 0.1) is 6.92 Å². The van der Waals surface area contributed by atoms with Crippen molar-refractivity contribution in [3.8, 4) is 5.75 Å². The molecule has 3 rings (SSSR count). The molecule has 0 bridgehead atoms. The fourth-order valence-corrected chi connectivity index (χ4v) is 4.31. The van der Waals surface area contributed by atoms with E-state index in [1.165, 1.54) is 18.2 Å². The molecular formula is C23H22F2N2O4S. The number of aryl methyl sites for hydroxylation is 1. The van der Waals surface area contributed by atoms with Crippen LogP contribution in [0.25, 0.3) is 0 Å². The molecule has 0 aliphatic heterocycles. The molecule has 168 valence electrons. The predicted octanol–water partition coefficient (Wildman–Crippen LogP) is 4.00. The van der Waals surface area contributed by atoms with Crippen LogP contribution < -0.4 is 14.8 Å². The third-order valence-electron chi connectivity index (χ3n) is 4.68. The van der Waals surface area contributed by atoms with Crippen LogP contribution in [0.4, 0.5) is 8.78 Å². The minimum atomic E-state index is -3.87. The number of nitrogens with one attached hydrogen (secondary N) is 2. The minimum absolute atomic E-state index is 0.0116. The van der Waals surface area contributed by atoms with Gasteiger partial charge in [0.05, 0.1) is 4.90 Å². The Hall–Kier alpha value is -3.30. The van der Waals surface area contributed by atoms with E-state index in [0.29, 0.717) is 11.1 Å². The molecule has 6 nitrogen and oxygen atoms in total. The zero-order valence-electron chi connectivity index (χ0n) is 17.2. The van der Waals surface area contributed by atoms with Gasteiger partial charge in [-0.25, -0.2) is 13.1 Å². The summed E-state index contributed by atoms with van der Waals surface area (Å²) in [5.74, 6) is -0.587. The number of carbonyl (C=O) groups excluding carboxylic acids is 1. The number of alkyl halides is 2. The van der Waals surface area contributed by atoms with Gasteiger partial charge in [-0.05, 0) is 36.2 Å². The monoisotopic (exact) mass is 460 g/mol. The van der Waals surface area contributed by atoms with Crippen LogP contribution in [0.2, 0.25) is 0 Å². The third-order valence-corrected chi connectivity index (χ3v) is 6.22. The first kappa shape index (κ1) is 23.4. The molecule has 0 radical (unpaired) electrons. The van der Waals surface area contributed by atoms with E-state index in [9.17, 15) is 22.0 Å². The molecule has 0 aliphatic rings. The molecule has 0 atom stereocenters. The molecule has 0 fully saturated rings. The first-order chi connectivity index (χ1) is 15.3. The highest BCUT2D eigenvalue weighted by atomic mass is 32.2. The van der Waals surface area contributed by atoms with Crippen molar-refractivity contribution in [3.05, 3.63) is 95.1 Å². The van der Waals surface area contributed by atoms with Gasteiger partial charge < -0.3 is 10.1 Å². The molecule has 0 saturated carbocycles. The Kier molecular flexibility index (Phi) is 7.55. The summed E-state index contributed by atoms with van der Waals surface area (Å²) in [6.07, 6.45) is 0. The molecular weight excluding hydrogens is 438 g/mol. The normalized spacial score (nSPS) is 11.4. The van der Waals surface area contributed by atoms with Crippen LogP contribution in [0.15, 0.2) is 77.7 Å². The second-order valence-electron chi connectivity index (χ2n) is 6.96. The second kappa shape index (κ2) is 10.3. The first-order valence-electron chi connectivity index (χ1n) is 9.71. The lowest BCUT2D eigenvalue weighted by atomic mass is 10.1. The summed E-state index contributed by atoms with van der Waals surface area (Å²) in [7, 11) is -3.87. The first-order valence-corrected chi connectivity index (χ1v) is 11.2. The van der Waals surface area contributed by atoms with Crippen LogP contribution in [0.5, 0.6) is 5.75 Å². The van der Waals surface area contributed by atoms with Gasteiger partial charge in [-0.15, -0.1) is 0 Å². The van der Waals surface area contributed by atoms with Gasteiger partial charge in [0.15, 0.2) is 0 Å². The highest BCUT2D eigenvalue weighted by molar-refractivity contribution is 7.89. The minimum Gasteiger partial charge on any atom is -0.434 e. The Morgan fingerprint density at radius 3 is 2.38 bits per heavy atom. The summed E-state index contributed by atoms with van der Waals surface area (Å²) < 4.78 is 57.7. The largest absolute Gasteiger partial charge is 0.434 e. The van der Waals surface area contributed by atoms with Crippen molar-refractivity contribution in [3.63, 3.8) is 0 Å². The fourth-order valence-electron chi connectivity index (χ4n) is 3.02. The molecule has 0 heterocycles. The smallest absolute Gasteiger partial charge is 0.387 e. The van der Waals surface area contributed by atoms with Crippen molar-refractivity contribution < 1.29 is 26.7 Å². The van der Waals surface area contributed by atoms with Gasteiger partial charge in [0.2, 0.25) is 10.0 Å². The van der Waals surface area contributed by atoms with Crippen molar-refractivity contribution in [2.24, 2.45) is 0 Å². The number of ether oxygens (including phenoxy) is 1. The zero-order valence-corrected chi connectivity index (χ0v) is 18.0. The summed E-state index contributed by atoms with van der Waals surface area (Å²) in [5, 5.41) is 2.61. The number of amides is 1. The van der Waals surface area contributed by atoms with E-state index in [4.69, 9.17) is 0 Å². The molecule has 9 heteroatoms. The average Bonchev–Trinajstić information content (AvgIpc) is 2.77. The molecule has 0 unspecified atom stereocenters. The van der Waals surface area contributed by atoms with Crippen molar-refractivity contribution in [2.45, 2.75) is 31.5 Å². The summed E-state index contributed by atoms with van der Waals surface area (Å²) >= 11 is 0. The van der Waals surface area contributed by atoms with E-state index in [2.05, 4.69) is 14.8 Å². The number of sulfonamides is 1. The van der Waals surface area contributed by atoms with Crippen LogP contribution in [0.3, 0.4) is 0 Å². The fraction of sp³-hybridized carbons (Fsp3) is 0.174. The number of hydrogen-bond acceptors (Lipinski definition) is 4. The Morgan fingerprint density at radius 2 is 1.66 bits per heavy atom. The van der Waals surface area contributed by atoms with Crippen molar-refractivity contribution in [2.75, 3.05) is 0 Å². The van der Waals surface area contributed by atoms with Crippen LogP contribution >= 0.6 is 0 Å². The lowest BCUT2D eigenvalue weighted by Crippen LogP contribution is -2.26. The molecule has 0 spiro atoms. The number of rotatable bonds is 9. The van der Waals surface area contributed by atoms with Gasteiger partial charge in [-0.1, -0.05) is 54.6 Å². The number of benzene rings is 3. The second-order valence-corrected chi connectivity index (χ2v) is 8.69. The van der Waals surface area contributed by atoms with Gasteiger partial charge in [0.25, 0.3) is 5.91 Å². The summed E-state index contributed by atoms with van der Waals surface area (Å²) in [6.45, 7) is -1.30. The number of hydrogen-bond donors (Lipinski definition) is 2. The lowest BCUT2D eigenvalue weighted by molar-refractivity contribution is -0.0504. The van der Waals surface area contributed by atoms with Gasteiger partial charge in [-0.3, -0.25) is 4.79 Å². The van der Waals surface area contributed by atoms with E-state index < -0.39 is 22.5 Å². The predicted molar refractivity (Wildman–Crippen MR) is 116 cm³/mol. The zero-order chi connectivity index (χ0) is 23.1. The van der Waals surface area contributed by atoms with E-state index in [1.807, 2.05) is 18.2 Å². The maximum Gasteiger partial charge on any atom is 0.387 e. The van der Waals surface area contributed by atoms with E-state index in [-0.39, 0.29) is 29.3 Å². The molecule has 1 amide bonds. The number of carbonyl (C=O) groups is 1.